The van der Waals surface area contributed by atoms with Crippen LogP contribution < -0.4 is 0 Å². The smallest absolute Gasteiger partial charge is 0.0939 e. The number of rotatable bonds is 5. The zero-order chi connectivity index (χ0) is 11.3. The van der Waals surface area contributed by atoms with Crippen LogP contribution in [0.15, 0.2) is 0 Å². The molecule has 0 N–H and O–H groups in total. The van der Waals surface area contributed by atoms with Gasteiger partial charge in [0.05, 0.1) is 18.8 Å². The molecule has 3 atom stereocenters. The van der Waals surface area contributed by atoms with E-state index in [0.29, 0.717) is 18.8 Å². The van der Waals surface area contributed by atoms with Crippen molar-refractivity contribution < 1.29 is 9.47 Å². The minimum atomic E-state index is 0.248. The topological polar surface area (TPSA) is 21.7 Å². The fourth-order valence-corrected chi connectivity index (χ4v) is 2.32. The van der Waals surface area contributed by atoms with E-state index in [1.165, 1.54) is 12.8 Å². The van der Waals surface area contributed by atoms with Crippen LogP contribution in [0.5, 0.6) is 0 Å². The van der Waals surface area contributed by atoms with E-state index in [9.17, 15) is 0 Å². The molecule has 0 aromatic carbocycles. The Hall–Kier alpha value is -0.120. The Kier molecular flexibility index (Phi) is 5.58. The summed E-state index contributed by atoms with van der Waals surface area (Å²) in [7, 11) is 1.74. The number of hydrogen-bond donors (Lipinski definition) is 0. The van der Waals surface area contributed by atoms with Crippen molar-refractivity contribution in [1.82, 2.24) is 4.90 Å². The van der Waals surface area contributed by atoms with Crippen molar-refractivity contribution in [2.24, 2.45) is 0 Å². The number of nitrogens with zero attached hydrogens (tertiary/aromatic N) is 1. The maximum atomic E-state index is 5.82. The fraction of sp³-hybridized carbons (Fsp3) is 1.00. The molecule has 0 saturated carbocycles. The summed E-state index contributed by atoms with van der Waals surface area (Å²) in [5, 5.41) is 0. The third-order valence-corrected chi connectivity index (χ3v) is 3.04. The largest absolute Gasteiger partial charge is 0.382 e. The van der Waals surface area contributed by atoms with Crippen LogP contribution in [0, 0.1) is 0 Å². The SMILES string of the molecule is CCC[C@H](C)N1C[C@H](COC)O[C@H](C)C1. The number of hydrogen-bond acceptors (Lipinski definition) is 3. The van der Waals surface area contributed by atoms with Gasteiger partial charge in [0, 0.05) is 26.2 Å². The lowest BCUT2D eigenvalue weighted by molar-refractivity contribution is -0.109. The van der Waals surface area contributed by atoms with Crippen LogP contribution in [0.25, 0.3) is 0 Å². The van der Waals surface area contributed by atoms with Gasteiger partial charge in [0.1, 0.15) is 0 Å². The molecule has 1 saturated heterocycles. The summed E-state index contributed by atoms with van der Waals surface area (Å²) >= 11 is 0. The predicted octanol–water partition coefficient (Wildman–Crippen LogP) is 1.91. The van der Waals surface area contributed by atoms with Gasteiger partial charge >= 0.3 is 0 Å². The first kappa shape index (κ1) is 12.9. The Labute approximate surface area is 93.7 Å². The molecule has 0 spiro atoms. The Morgan fingerprint density at radius 3 is 2.80 bits per heavy atom. The molecule has 15 heavy (non-hydrogen) atoms. The van der Waals surface area contributed by atoms with Crippen LogP contribution in [0.2, 0.25) is 0 Å². The zero-order valence-electron chi connectivity index (χ0n) is 10.5. The average molecular weight is 215 g/mol. The molecule has 3 nitrogen and oxygen atoms in total. The van der Waals surface area contributed by atoms with E-state index in [4.69, 9.17) is 9.47 Å². The third-order valence-electron chi connectivity index (χ3n) is 3.04. The van der Waals surface area contributed by atoms with Gasteiger partial charge in [0.25, 0.3) is 0 Å². The Bertz CT molecular complexity index is 175. The van der Waals surface area contributed by atoms with Crippen LogP contribution in [0.3, 0.4) is 0 Å². The molecule has 1 heterocycles. The van der Waals surface area contributed by atoms with E-state index in [1.807, 2.05) is 0 Å². The lowest BCUT2D eigenvalue weighted by Crippen LogP contribution is -2.51. The van der Waals surface area contributed by atoms with Crippen molar-refractivity contribution in [3.8, 4) is 0 Å². The quantitative estimate of drug-likeness (QED) is 0.699. The second-order valence-electron chi connectivity index (χ2n) is 4.62. The van der Waals surface area contributed by atoms with Crippen molar-refractivity contribution in [2.45, 2.75) is 51.9 Å². The Morgan fingerprint density at radius 1 is 1.47 bits per heavy atom. The summed E-state index contributed by atoms with van der Waals surface area (Å²) in [4.78, 5) is 2.53. The molecule has 0 radical (unpaired) electrons. The normalized spacial score (nSPS) is 30.4. The number of ether oxygens (including phenoxy) is 2. The van der Waals surface area contributed by atoms with Crippen molar-refractivity contribution in [3.63, 3.8) is 0 Å². The highest BCUT2D eigenvalue weighted by Crippen LogP contribution is 2.16. The fourth-order valence-electron chi connectivity index (χ4n) is 2.32. The first-order chi connectivity index (χ1) is 7.17. The molecule has 1 rings (SSSR count). The van der Waals surface area contributed by atoms with Crippen LogP contribution in [-0.2, 0) is 9.47 Å². The standard InChI is InChI=1S/C12H25NO2/c1-5-6-10(2)13-7-11(3)15-12(8-13)9-14-4/h10-12H,5-9H2,1-4H3/t10-,11+,12+/m0/s1. The second-order valence-corrected chi connectivity index (χ2v) is 4.62. The van der Waals surface area contributed by atoms with Gasteiger partial charge in [-0.15, -0.1) is 0 Å². The van der Waals surface area contributed by atoms with Crippen LogP contribution in [0.1, 0.15) is 33.6 Å². The highest BCUT2D eigenvalue weighted by Gasteiger charge is 2.27. The first-order valence-corrected chi connectivity index (χ1v) is 6.05. The van der Waals surface area contributed by atoms with Crippen LogP contribution >= 0.6 is 0 Å². The molecule has 1 aliphatic heterocycles. The molecule has 1 aliphatic rings. The maximum Gasteiger partial charge on any atom is 0.0939 e. The van der Waals surface area contributed by atoms with Crippen molar-refractivity contribution in [1.29, 1.82) is 0 Å². The van der Waals surface area contributed by atoms with Crippen molar-refractivity contribution >= 4 is 0 Å². The molecule has 0 aliphatic carbocycles. The number of morpholine rings is 1. The molecular weight excluding hydrogens is 190 g/mol. The van der Waals surface area contributed by atoms with Gasteiger partial charge in [0.15, 0.2) is 0 Å². The van der Waals surface area contributed by atoms with Gasteiger partial charge in [-0.25, -0.2) is 0 Å². The van der Waals surface area contributed by atoms with E-state index >= 15 is 0 Å². The molecule has 1 fully saturated rings. The Balaban J connectivity index is 2.43. The molecule has 0 aromatic rings. The van der Waals surface area contributed by atoms with E-state index in [2.05, 4.69) is 25.7 Å². The third kappa shape index (κ3) is 4.09. The van der Waals surface area contributed by atoms with E-state index in [-0.39, 0.29) is 6.10 Å². The predicted molar refractivity (Wildman–Crippen MR) is 62.2 cm³/mol. The van der Waals surface area contributed by atoms with Crippen molar-refractivity contribution in [3.05, 3.63) is 0 Å². The van der Waals surface area contributed by atoms with Gasteiger partial charge in [-0.2, -0.15) is 0 Å². The van der Waals surface area contributed by atoms with E-state index in [1.54, 1.807) is 7.11 Å². The molecule has 0 bridgehead atoms. The van der Waals surface area contributed by atoms with Gasteiger partial charge in [0.2, 0.25) is 0 Å². The number of methoxy groups -OCH3 is 1. The first-order valence-electron chi connectivity index (χ1n) is 6.05. The van der Waals surface area contributed by atoms with E-state index in [0.717, 1.165) is 13.1 Å². The molecule has 0 unspecified atom stereocenters. The molecular formula is C12H25NO2. The molecule has 90 valence electrons. The van der Waals surface area contributed by atoms with Gasteiger partial charge in [-0.3, -0.25) is 4.90 Å². The van der Waals surface area contributed by atoms with Crippen LogP contribution in [-0.4, -0.2) is 50.0 Å². The second kappa shape index (κ2) is 6.46. The van der Waals surface area contributed by atoms with Gasteiger partial charge in [-0.1, -0.05) is 13.3 Å². The van der Waals surface area contributed by atoms with Crippen molar-refractivity contribution in [2.75, 3.05) is 26.8 Å². The minimum absolute atomic E-state index is 0.248. The van der Waals surface area contributed by atoms with Gasteiger partial charge < -0.3 is 9.47 Å². The average Bonchev–Trinajstić information content (AvgIpc) is 2.17. The monoisotopic (exact) mass is 215 g/mol. The zero-order valence-corrected chi connectivity index (χ0v) is 10.5. The molecule has 0 amide bonds. The van der Waals surface area contributed by atoms with E-state index < -0.39 is 0 Å². The van der Waals surface area contributed by atoms with Gasteiger partial charge in [-0.05, 0) is 20.3 Å². The highest BCUT2D eigenvalue weighted by atomic mass is 16.5. The lowest BCUT2D eigenvalue weighted by atomic mass is 10.1. The summed E-state index contributed by atoms with van der Waals surface area (Å²) < 4.78 is 11.0. The summed E-state index contributed by atoms with van der Waals surface area (Å²) in [6.45, 7) is 9.48. The molecule has 0 aromatic heterocycles. The summed E-state index contributed by atoms with van der Waals surface area (Å²) in [6, 6.07) is 0.667. The highest BCUT2D eigenvalue weighted by molar-refractivity contribution is 4.79. The summed E-state index contributed by atoms with van der Waals surface area (Å²) in [5.41, 5.74) is 0. The molecule has 3 heteroatoms. The lowest BCUT2D eigenvalue weighted by Gasteiger charge is -2.39. The summed E-state index contributed by atoms with van der Waals surface area (Å²) in [5.74, 6) is 0. The minimum Gasteiger partial charge on any atom is -0.382 e. The van der Waals surface area contributed by atoms with Crippen LogP contribution in [0.4, 0.5) is 0 Å². The maximum absolute atomic E-state index is 5.82. The summed E-state index contributed by atoms with van der Waals surface area (Å²) in [6.07, 6.45) is 3.10. The Morgan fingerprint density at radius 2 is 2.20 bits per heavy atom.